The highest BCUT2D eigenvalue weighted by molar-refractivity contribution is 5.91. The normalized spacial score (nSPS) is 12.2. The van der Waals surface area contributed by atoms with Crippen LogP contribution in [0.15, 0.2) is 65.2 Å². The maximum atomic E-state index is 12.7. The fourth-order valence-electron chi connectivity index (χ4n) is 3.76. The molecule has 7 nitrogen and oxygen atoms in total. The summed E-state index contributed by atoms with van der Waals surface area (Å²) in [5.74, 6) is -1.26. The molecular weight excluding hydrogens is 432 g/mol. The smallest absolute Gasteiger partial charge is 0.311 e. The van der Waals surface area contributed by atoms with Crippen LogP contribution in [0.5, 0.6) is 5.88 Å². The van der Waals surface area contributed by atoms with Gasteiger partial charge in [0.1, 0.15) is 0 Å². The van der Waals surface area contributed by atoms with Crippen LogP contribution in [0.1, 0.15) is 56.2 Å². The van der Waals surface area contributed by atoms with Crippen LogP contribution in [0, 0.1) is 5.41 Å². The Morgan fingerprint density at radius 3 is 2.38 bits per heavy atom. The van der Waals surface area contributed by atoms with Gasteiger partial charge in [0.15, 0.2) is 0 Å². The van der Waals surface area contributed by atoms with E-state index in [1.165, 1.54) is 0 Å². The summed E-state index contributed by atoms with van der Waals surface area (Å²) < 4.78 is 10.3. The Labute approximate surface area is 200 Å². The van der Waals surface area contributed by atoms with Gasteiger partial charge in [-0.1, -0.05) is 67.9 Å². The Kier molecular flexibility index (Phi) is 8.46. The van der Waals surface area contributed by atoms with Crippen molar-refractivity contribution in [2.45, 2.75) is 52.5 Å². The molecule has 180 valence electrons. The second kappa shape index (κ2) is 11.5. The quantitative estimate of drug-likeness (QED) is 0.301. The average molecular weight is 465 g/mol. The summed E-state index contributed by atoms with van der Waals surface area (Å²) in [5, 5.41) is 15.7. The second-order valence-corrected chi connectivity index (χ2v) is 9.06. The summed E-state index contributed by atoms with van der Waals surface area (Å²) >= 11 is 0. The molecular formula is C27H32N2O5. The minimum Gasteiger partial charge on any atom is -0.491 e. The van der Waals surface area contributed by atoms with Crippen LogP contribution < -0.4 is 5.32 Å². The molecule has 2 aromatic carbocycles. The first kappa shape index (κ1) is 25.0. The molecule has 0 bridgehead atoms. The first-order chi connectivity index (χ1) is 16.3. The number of aromatic hydroxyl groups is 1. The molecule has 1 amide bonds. The molecule has 0 spiro atoms. The van der Waals surface area contributed by atoms with Crippen molar-refractivity contribution in [1.29, 1.82) is 0 Å². The van der Waals surface area contributed by atoms with Gasteiger partial charge in [0.25, 0.3) is 11.8 Å². The number of amides is 1. The topological polar surface area (TPSA) is 102 Å². The van der Waals surface area contributed by atoms with Gasteiger partial charge in [-0.05, 0) is 55.0 Å². The molecule has 34 heavy (non-hydrogen) atoms. The maximum absolute atomic E-state index is 12.7. The van der Waals surface area contributed by atoms with Crippen molar-refractivity contribution in [2.75, 3.05) is 6.61 Å². The van der Waals surface area contributed by atoms with Crippen LogP contribution in [0.2, 0.25) is 0 Å². The lowest BCUT2D eigenvalue weighted by Gasteiger charge is -2.28. The number of benzene rings is 2. The summed E-state index contributed by atoms with van der Waals surface area (Å²) in [6.07, 6.45) is 2.62. The third-order valence-electron chi connectivity index (χ3n) is 5.64. The van der Waals surface area contributed by atoms with Gasteiger partial charge in [-0.25, -0.2) is 0 Å². The Hall–Kier alpha value is -3.61. The minimum absolute atomic E-state index is 0.0924. The summed E-state index contributed by atoms with van der Waals surface area (Å²) in [6, 6.07) is 19.0. The first-order valence-electron chi connectivity index (χ1n) is 11.6. The van der Waals surface area contributed by atoms with Crippen LogP contribution in [0.4, 0.5) is 0 Å². The SMILES string of the molecule is CCCCOC(=O)C(C)(C)CC(Cc1ccc(-c2ccccc2)cc1)NC(=O)c1cc(O)no1. The zero-order valence-corrected chi connectivity index (χ0v) is 19.9. The average Bonchev–Trinajstić information content (AvgIpc) is 3.26. The largest absolute Gasteiger partial charge is 0.491 e. The van der Waals surface area contributed by atoms with E-state index >= 15 is 0 Å². The van der Waals surface area contributed by atoms with Gasteiger partial charge in [0.05, 0.1) is 18.1 Å². The summed E-state index contributed by atoms with van der Waals surface area (Å²) in [7, 11) is 0. The monoisotopic (exact) mass is 464 g/mol. The number of esters is 1. The standard InChI is InChI=1S/C27H32N2O5/c1-4-5-15-33-26(32)27(2,3)18-22(28-25(31)23-17-24(30)29-34-23)16-19-11-13-21(14-12-19)20-9-7-6-8-10-20/h6-14,17,22H,4-5,15-16,18H2,1-3H3,(H,28,31)(H,29,30). The van der Waals surface area contributed by atoms with Crippen LogP contribution >= 0.6 is 0 Å². The van der Waals surface area contributed by atoms with Gasteiger partial charge in [0, 0.05) is 6.04 Å². The Balaban J connectivity index is 1.75. The van der Waals surface area contributed by atoms with Gasteiger partial charge < -0.3 is 19.7 Å². The van der Waals surface area contributed by atoms with Crippen molar-refractivity contribution in [3.8, 4) is 17.0 Å². The van der Waals surface area contributed by atoms with Crippen molar-refractivity contribution in [1.82, 2.24) is 10.5 Å². The lowest BCUT2D eigenvalue weighted by molar-refractivity contribution is -0.154. The molecule has 1 aromatic heterocycles. The van der Waals surface area contributed by atoms with E-state index in [0.717, 1.165) is 35.6 Å². The Morgan fingerprint density at radius 2 is 1.76 bits per heavy atom. The number of carbonyl (C=O) groups is 2. The highest BCUT2D eigenvalue weighted by Gasteiger charge is 2.33. The van der Waals surface area contributed by atoms with E-state index in [1.807, 2.05) is 63.2 Å². The zero-order chi connectivity index (χ0) is 24.6. The van der Waals surface area contributed by atoms with E-state index in [-0.39, 0.29) is 23.7 Å². The number of hydrogen-bond donors (Lipinski definition) is 2. The van der Waals surface area contributed by atoms with Gasteiger partial charge in [-0.3, -0.25) is 9.59 Å². The molecule has 0 saturated heterocycles. The zero-order valence-electron chi connectivity index (χ0n) is 19.9. The highest BCUT2D eigenvalue weighted by atomic mass is 16.5. The summed E-state index contributed by atoms with van der Waals surface area (Å²) in [5.41, 5.74) is 2.43. The number of unbranched alkanes of at least 4 members (excludes halogenated alkanes) is 1. The molecule has 1 unspecified atom stereocenters. The fraction of sp³-hybridized carbons (Fsp3) is 0.370. The van der Waals surface area contributed by atoms with E-state index in [0.29, 0.717) is 19.4 Å². The summed E-state index contributed by atoms with van der Waals surface area (Å²) in [4.78, 5) is 25.4. The molecule has 0 aliphatic heterocycles. The van der Waals surface area contributed by atoms with Crippen molar-refractivity contribution in [3.05, 3.63) is 72.0 Å². The number of rotatable bonds is 11. The number of nitrogens with one attached hydrogen (secondary N) is 1. The van der Waals surface area contributed by atoms with Crippen molar-refractivity contribution < 1.29 is 24.0 Å². The van der Waals surface area contributed by atoms with Gasteiger partial charge >= 0.3 is 5.97 Å². The number of ether oxygens (including phenoxy) is 1. The lowest BCUT2D eigenvalue weighted by atomic mass is 9.83. The molecule has 0 aliphatic rings. The molecule has 3 rings (SSSR count). The van der Waals surface area contributed by atoms with Crippen LogP contribution in [0.3, 0.4) is 0 Å². The van der Waals surface area contributed by atoms with E-state index in [9.17, 15) is 14.7 Å². The van der Waals surface area contributed by atoms with E-state index in [4.69, 9.17) is 9.26 Å². The summed E-state index contributed by atoms with van der Waals surface area (Å²) in [6.45, 7) is 6.06. The molecule has 0 fully saturated rings. The Morgan fingerprint density at radius 1 is 1.09 bits per heavy atom. The number of nitrogens with zero attached hydrogens (tertiary/aromatic N) is 1. The molecule has 7 heteroatoms. The van der Waals surface area contributed by atoms with E-state index < -0.39 is 11.3 Å². The predicted molar refractivity (Wildman–Crippen MR) is 129 cm³/mol. The minimum atomic E-state index is -0.806. The van der Waals surface area contributed by atoms with E-state index in [1.54, 1.807) is 0 Å². The third-order valence-corrected chi connectivity index (χ3v) is 5.64. The Bertz CT molecular complexity index is 1070. The number of aromatic nitrogens is 1. The fourth-order valence-corrected chi connectivity index (χ4v) is 3.76. The molecule has 0 aliphatic carbocycles. The van der Waals surface area contributed by atoms with Crippen LogP contribution in [-0.2, 0) is 16.0 Å². The molecule has 0 radical (unpaired) electrons. The lowest BCUT2D eigenvalue weighted by Crippen LogP contribution is -2.42. The second-order valence-electron chi connectivity index (χ2n) is 9.06. The van der Waals surface area contributed by atoms with Gasteiger partial charge in [0.2, 0.25) is 5.76 Å². The van der Waals surface area contributed by atoms with Gasteiger partial charge in [-0.15, -0.1) is 0 Å². The number of carbonyl (C=O) groups excluding carboxylic acids is 2. The van der Waals surface area contributed by atoms with E-state index in [2.05, 4.69) is 22.6 Å². The molecule has 0 saturated carbocycles. The van der Waals surface area contributed by atoms with Crippen molar-refractivity contribution >= 4 is 11.9 Å². The first-order valence-corrected chi connectivity index (χ1v) is 11.6. The highest BCUT2D eigenvalue weighted by Crippen LogP contribution is 2.27. The predicted octanol–water partition coefficient (Wildman–Crippen LogP) is 5.15. The number of hydrogen-bond acceptors (Lipinski definition) is 6. The maximum Gasteiger partial charge on any atom is 0.311 e. The van der Waals surface area contributed by atoms with Crippen LogP contribution in [-0.4, -0.2) is 34.8 Å². The third kappa shape index (κ3) is 6.94. The molecule has 3 aromatic rings. The van der Waals surface area contributed by atoms with Gasteiger partial charge in [-0.2, -0.15) is 0 Å². The van der Waals surface area contributed by atoms with Crippen LogP contribution in [0.25, 0.3) is 11.1 Å². The molecule has 2 N–H and O–H groups in total. The molecule has 1 heterocycles. The molecule has 1 atom stereocenters. The van der Waals surface area contributed by atoms with Crippen molar-refractivity contribution in [2.24, 2.45) is 5.41 Å². The van der Waals surface area contributed by atoms with Crippen molar-refractivity contribution in [3.63, 3.8) is 0 Å².